The van der Waals surface area contributed by atoms with Crippen LogP contribution in [0.1, 0.15) is 32.7 Å². The minimum atomic E-state index is -2.47. The molecule has 4 nitrogen and oxygen atoms in total. The number of aromatic nitrogens is 1. The van der Waals surface area contributed by atoms with Gasteiger partial charge >= 0.3 is 5.97 Å². The van der Waals surface area contributed by atoms with Gasteiger partial charge in [0.1, 0.15) is 10.7 Å². The number of piperidine rings is 1. The highest BCUT2D eigenvalue weighted by Crippen LogP contribution is 2.59. The first-order chi connectivity index (χ1) is 12.4. The highest BCUT2D eigenvalue weighted by molar-refractivity contribution is 7.13. The number of alkyl halides is 2. The molecule has 2 atom stereocenters. The Morgan fingerprint density at radius 1 is 1.31 bits per heavy atom. The summed E-state index contributed by atoms with van der Waals surface area (Å²) >= 11 is 1.42. The zero-order valence-electron chi connectivity index (χ0n) is 14.7. The monoisotopic (exact) mass is 378 g/mol. The summed E-state index contributed by atoms with van der Waals surface area (Å²) in [5.41, 5.74) is 1.96. The molecule has 0 radical (unpaired) electrons. The Bertz CT molecular complexity index is 838. The molecule has 0 bridgehead atoms. The van der Waals surface area contributed by atoms with Gasteiger partial charge in [-0.3, -0.25) is 0 Å². The van der Waals surface area contributed by atoms with Crippen LogP contribution in [0.15, 0.2) is 24.3 Å². The van der Waals surface area contributed by atoms with E-state index < -0.39 is 17.8 Å². The van der Waals surface area contributed by atoms with Crippen molar-refractivity contribution in [1.82, 2.24) is 4.98 Å². The Labute approximate surface area is 154 Å². The summed E-state index contributed by atoms with van der Waals surface area (Å²) in [5.74, 6) is -3.00. The molecular formula is C19H20F2N2O2S. The lowest BCUT2D eigenvalue weighted by Crippen LogP contribution is -2.28. The molecule has 1 saturated heterocycles. The summed E-state index contributed by atoms with van der Waals surface area (Å²) in [6, 6.07) is 7.63. The maximum Gasteiger partial charge on any atom is 0.348 e. The fourth-order valence-electron chi connectivity index (χ4n) is 3.61. The predicted octanol–water partition coefficient (Wildman–Crippen LogP) is 3.92. The average molecular weight is 378 g/mol. The van der Waals surface area contributed by atoms with E-state index in [0.29, 0.717) is 31.0 Å². The highest BCUT2D eigenvalue weighted by atomic mass is 32.1. The van der Waals surface area contributed by atoms with Crippen LogP contribution in [-0.4, -0.2) is 36.6 Å². The Morgan fingerprint density at radius 3 is 2.69 bits per heavy atom. The maximum atomic E-state index is 13.3. The van der Waals surface area contributed by atoms with Crippen LogP contribution < -0.4 is 4.90 Å². The van der Waals surface area contributed by atoms with Crippen molar-refractivity contribution < 1.29 is 18.3 Å². The van der Waals surface area contributed by atoms with Crippen molar-refractivity contribution in [2.24, 2.45) is 11.8 Å². The number of aryl methyl sites for hydroxylation is 1. The van der Waals surface area contributed by atoms with Crippen LogP contribution in [0, 0.1) is 18.8 Å². The number of nitrogens with zero attached hydrogens (tertiary/aromatic N) is 2. The molecule has 1 aliphatic heterocycles. The van der Waals surface area contributed by atoms with E-state index in [1.807, 2.05) is 30.0 Å². The number of carbonyl (C=O) groups excluding carboxylic acids is 1. The van der Waals surface area contributed by atoms with E-state index >= 15 is 0 Å². The molecule has 2 aromatic rings. The summed E-state index contributed by atoms with van der Waals surface area (Å²) < 4.78 is 31.7. The highest BCUT2D eigenvalue weighted by Gasteiger charge is 2.71. The molecule has 2 aliphatic rings. The fraction of sp³-hybridized carbons (Fsp3) is 0.474. The zero-order valence-corrected chi connectivity index (χ0v) is 15.5. The van der Waals surface area contributed by atoms with Crippen LogP contribution in [0.2, 0.25) is 0 Å². The Balaban J connectivity index is 1.43. The molecule has 0 N–H and O–H groups in total. The number of hydrogen-bond acceptors (Lipinski definition) is 5. The second-order valence-electron chi connectivity index (χ2n) is 6.87. The van der Waals surface area contributed by atoms with Crippen molar-refractivity contribution in [3.05, 3.63) is 45.3 Å². The number of hydrogen-bond donors (Lipinski definition) is 0. The molecule has 4 rings (SSSR count). The van der Waals surface area contributed by atoms with Crippen LogP contribution in [0.3, 0.4) is 0 Å². The number of ether oxygens (including phenoxy) is 1. The maximum absolute atomic E-state index is 13.3. The van der Waals surface area contributed by atoms with E-state index in [4.69, 9.17) is 4.74 Å². The molecule has 2 unspecified atom stereocenters. The number of rotatable bonds is 5. The molecule has 0 aromatic carbocycles. The Hall–Kier alpha value is -2.02. The Kier molecular flexibility index (Phi) is 4.22. The van der Waals surface area contributed by atoms with Crippen LogP contribution in [0.4, 0.5) is 14.6 Å². The van der Waals surface area contributed by atoms with Gasteiger partial charge in [-0.05, 0) is 37.6 Å². The zero-order chi connectivity index (χ0) is 18.5. The first kappa shape index (κ1) is 17.4. The molecule has 0 amide bonds. The van der Waals surface area contributed by atoms with Crippen molar-refractivity contribution in [2.45, 2.75) is 26.2 Å². The molecule has 0 spiro atoms. The quantitative estimate of drug-likeness (QED) is 0.740. The van der Waals surface area contributed by atoms with Gasteiger partial charge in [-0.1, -0.05) is 6.07 Å². The molecular weight excluding hydrogens is 358 g/mol. The standard InChI is InChI=1S/C19H20F2N2O2S/c1-3-25-18(24)16-6-5-13(26-16)8-12-4-7-17(22-11(12)2)23-9-14-15(10-23)19(14,20)21/h4-7,14-15H,3,8-10H2,1-2H3. The van der Waals surface area contributed by atoms with Gasteiger partial charge in [-0.15, -0.1) is 11.3 Å². The van der Waals surface area contributed by atoms with Crippen molar-refractivity contribution >= 4 is 23.1 Å². The number of esters is 1. The number of thiophene rings is 1. The lowest BCUT2D eigenvalue weighted by molar-refractivity contribution is 0.0532. The van der Waals surface area contributed by atoms with Crippen molar-refractivity contribution in [3.8, 4) is 0 Å². The summed E-state index contributed by atoms with van der Waals surface area (Å²) in [6.07, 6.45) is 0.687. The van der Waals surface area contributed by atoms with Gasteiger partial charge < -0.3 is 9.64 Å². The lowest BCUT2D eigenvalue weighted by atomic mass is 10.1. The van der Waals surface area contributed by atoms with Crippen LogP contribution >= 0.6 is 11.3 Å². The molecule has 2 fully saturated rings. The molecule has 2 aromatic heterocycles. The van der Waals surface area contributed by atoms with Gasteiger partial charge in [-0.25, -0.2) is 18.6 Å². The number of carbonyl (C=O) groups is 1. The fourth-order valence-corrected chi connectivity index (χ4v) is 4.53. The van der Waals surface area contributed by atoms with Crippen LogP contribution in [-0.2, 0) is 11.2 Å². The summed E-state index contributed by atoms with van der Waals surface area (Å²) in [7, 11) is 0. The van der Waals surface area contributed by atoms with Gasteiger partial charge in [0.15, 0.2) is 0 Å². The Morgan fingerprint density at radius 2 is 2.04 bits per heavy atom. The van der Waals surface area contributed by atoms with E-state index in [2.05, 4.69) is 4.98 Å². The molecule has 1 saturated carbocycles. The second-order valence-corrected chi connectivity index (χ2v) is 8.04. The molecule has 138 valence electrons. The molecule has 3 heterocycles. The van der Waals surface area contributed by atoms with Gasteiger partial charge in [0.25, 0.3) is 5.92 Å². The van der Waals surface area contributed by atoms with Crippen LogP contribution in [0.25, 0.3) is 0 Å². The van der Waals surface area contributed by atoms with E-state index in [-0.39, 0.29) is 5.97 Å². The topological polar surface area (TPSA) is 42.4 Å². The third-order valence-corrected chi connectivity index (χ3v) is 6.27. The largest absolute Gasteiger partial charge is 0.462 e. The van der Waals surface area contributed by atoms with E-state index in [9.17, 15) is 13.6 Å². The van der Waals surface area contributed by atoms with Crippen molar-refractivity contribution in [2.75, 3.05) is 24.6 Å². The van der Waals surface area contributed by atoms with Crippen molar-refractivity contribution in [1.29, 1.82) is 0 Å². The van der Waals surface area contributed by atoms with Gasteiger partial charge in [0, 0.05) is 30.1 Å². The SMILES string of the molecule is CCOC(=O)c1ccc(Cc2ccc(N3CC4C(C3)C4(F)F)nc2C)s1. The summed E-state index contributed by atoms with van der Waals surface area (Å²) in [5, 5.41) is 0. The molecule has 1 aliphatic carbocycles. The predicted molar refractivity (Wildman–Crippen MR) is 96.2 cm³/mol. The van der Waals surface area contributed by atoms with Gasteiger partial charge in [0.2, 0.25) is 0 Å². The number of halogens is 2. The number of pyridine rings is 1. The minimum absolute atomic E-state index is 0.293. The third-order valence-electron chi connectivity index (χ3n) is 5.21. The first-order valence-electron chi connectivity index (χ1n) is 8.75. The van der Waals surface area contributed by atoms with Crippen molar-refractivity contribution in [3.63, 3.8) is 0 Å². The van der Waals surface area contributed by atoms with Gasteiger partial charge in [0.05, 0.1) is 18.4 Å². The van der Waals surface area contributed by atoms with Crippen LogP contribution in [0.5, 0.6) is 0 Å². The van der Waals surface area contributed by atoms with E-state index in [1.54, 1.807) is 13.0 Å². The van der Waals surface area contributed by atoms with E-state index in [1.165, 1.54) is 11.3 Å². The molecule has 7 heteroatoms. The minimum Gasteiger partial charge on any atom is -0.462 e. The smallest absolute Gasteiger partial charge is 0.348 e. The number of anilines is 1. The first-order valence-corrected chi connectivity index (χ1v) is 9.57. The molecule has 26 heavy (non-hydrogen) atoms. The lowest BCUT2D eigenvalue weighted by Gasteiger charge is -2.21. The summed E-state index contributed by atoms with van der Waals surface area (Å²) in [6.45, 7) is 4.85. The number of fused-ring (bicyclic) bond motifs is 1. The normalized spacial score (nSPS) is 23.0. The second kappa shape index (κ2) is 6.30. The summed E-state index contributed by atoms with van der Waals surface area (Å²) in [4.78, 5) is 20.0. The van der Waals surface area contributed by atoms with E-state index in [0.717, 1.165) is 22.0 Å². The third kappa shape index (κ3) is 2.98. The van der Waals surface area contributed by atoms with Gasteiger partial charge in [-0.2, -0.15) is 0 Å². The average Bonchev–Trinajstić information content (AvgIpc) is 3.05.